The molecule has 0 bridgehead atoms. The highest BCUT2D eigenvalue weighted by Gasteiger charge is 2.16. The Kier molecular flexibility index (Phi) is 4.30. The number of hydrogen-bond donors (Lipinski definition) is 1. The van der Waals surface area contributed by atoms with Gasteiger partial charge in [0.25, 0.3) is 0 Å². The lowest BCUT2D eigenvalue weighted by atomic mass is 9.89. The molecule has 1 aliphatic carbocycles. The van der Waals surface area contributed by atoms with Crippen molar-refractivity contribution in [3.05, 3.63) is 34.9 Å². The molecule has 0 saturated heterocycles. The van der Waals surface area contributed by atoms with Crippen LogP contribution in [0.25, 0.3) is 0 Å². The summed E-state index contributed by atoms with van der Waals surface area (Å²) >= 11 is 5.39. The van der Waals surface area contributed by atoms with Crippen molar-refractivity contribution >= 4 is 21.6 Å². The lowest BCUT2D eigenvalue weighted by Crippen LogP contribution is -2.27. The maximum Gasteiger partial charge on any atom is 0.226 e. The van der Waals surface area contributed by atoms with E-state index >= 15 is 0 Å². The third kappa shape index (κ3) is 3.25. The molecule has 3 nitrogen and oxygen atoms in total. The van der Waals surface area contributed by atoms with Crippen molar-refractivity contribution < 1.29 is 8.42 Å². The number of fused-ring (bicyclic) bond motifs is 1. The second kappa shape index (κ2) is 5.59. The highest BCUT2D eigenvalue weighted by atomic mass is 35.5. The van der Waals surface area contributed by atoms with Crippen molar-refractivity contribution in [2.75, 3.05) is 5.21 Å². The van der Waals surface area contributed by atoms with Gasteiger partial charge < -0.3 is 0 Å². The van der Waals surface area contributed by atoms with Crippen LogP contribution in [0.1, 0.15) is 42.5 Å². The Bertz CT molecular complexity index is 528. The molecule has 18 heavy (non-hydrogen) atoms. The zero-order chi connectivity index (χ0) is 13.2. The van der Waals surface area contributed by atoms with Gasteiger partial charge in [-0.2, -0.15) is 0 Å². The normalized spacial score (nSPS) is 17.2. The van der Waals surface area contributed by atoms with Crippen molar-refractivity contribution in [2.45, 2.75) is 38.6 Å². The lowest BCUT2D eigenvalue weighted by Gasteiger charge is -2.19. The van der Waals surface area contributed by atoms with E-state index < -0.39 is 15.2 Å². The molecule has 0 spiro atoms. The molecule has 5 heteroatoms. The Labute approximate surface area is 114 Å². The van der Waals surface area contributed by atoms with E-state index in [9.17, 15) is 8.42 Å². The molecule has 1 atom stereocenters. The Morgan fingerprint density at radius 3 is 2.61 bits per heavy atom. The maximum absolute atomic E-state index is 11.4. The zero-order valence-corrected chi connectivity index (χ0v) is 12.0. The molecule has 1 aromatic carbocycles. The van der Waals surface area contributed by atoms with Crippen molar-refractivity contribution in [1.82, 2.24) is 4.72 Å². The summed E-state index contributed by atoms with van der Waals surface area (Å²) < 4.78 is 25.4. The number of nitrogens with one attached hydrogen (secondary N) is 1. The SMILES string of the molecule is CC(NS(=O)(=O)CCl)c1ccc2c(c1)CCCC2. The molecular formula is C13H18ClNO2S. The Hall–Kier alpha value is -0.580. The molecule has 1 N–H and O–H groups in total. The van der Waals surface area contributed by atoms with Crippen LogP contribution < -0.4 is 4.72 Å². The van der Waals surface area contributed by atoms with E-state index in [0.29, 0.717) is 0 Å². The van der Waals surface area contributed by atoms with Crippen LogP contribution in [0.2, 0.25) is 0 Å². The van der Waals surface area contributed by atoms with Crippen LogP contribution in [0.3, 0.4) is 0 Å². The largest absolute Gasteiger partial charge is 0.226 e. The standard InChI is InChI=1S/C13H18ClNO2S/c1-10(15-18(16,17)9-14)12-7-6-11-4-2-3-5-13(11)8-12/h6-8,10,15H,2-5,9H2,1H3. The first-order chi connectivity index (χ1) is 8.52. The minimum atomic E-state index is -3.37. The van der Waals surface area contributed by atoms with Gasteiger partial charge in [-0.15, -0.1) is 11.6 Å². The lowest BCUT2D eigenvalue weighted by molar-refractivity contribution is 0.571. The molecule has 1 aliphatic rings. The molecule has 1 unspecified atom stereocenters. The summed E-state index contributed by atoms with van der Waals surface area (Å²) in [4.78, 5) is 0. The van der Waals surface area contributed by atoms with E-state index in [-0.39, 0.29) is 6.04 Å². The number of sulfonamides is 1. The monoisotopic (exact) mass is 287 g/mol. The van der Waals surface area contributed by atoms with Crippen LogP contribution in [0.15, 0.2) is 18.2 Å². The van der Waals surface area contributed by atoms with Crippen LogP contribution >= 0.6 is 11.6 Å². The van der Waals surface area contributed by atoms with Crippen molar-refractivity contribution in [3.63, 3.8) is 0 Å². The first-order valence-corrected chi connectivity index (χ1v) is 8.38. The number of aryl methyl sites for hydroxylation is 2. The van der Waals surface area contributed by atoms with Gasteiger partial charge >= 0.3 is 0 Å². The number of hydrogen-bond acceptors (Lipinski definition) is 2. The number of alkyl halides is 1. The molecule has 0 fully saturated rings. The topological polar surface area (TPSA) is 46.2 Å². The van der Waals surface area contributed by atoms with E-state index in [0.717, 1.165) is 18.4 Å². The first-order valence-electron chi connectivity index (χ1n) is 6.19. The van der Waals surface area contributed by atoms with Crippen LogP contribution in [0.4, 0.5) is 0 Å². The van der Waals surface area contributed by atoms with Crippen LogP contribution in [0, 0.1) is 0 Å². The highest BCUT2D eigenvalue weighted by molar-refractivity contribution is 7.90. The van der Waals surface area contributed by atoms with E-state index in [1.807, 2.05) is 13.0 Å². The summed E-state index contributed by atoms with van der Waals surface area (Å²) in [6, 6.07) is 6.01. The Balaban J connectivity index is 2.18. The quantitative estimate of drug-likeness (QED) is 0.866. The Morgan fingerprint density at radius 2 is 1.94 bits per heavy atom. The fraction of sp³-hybridized carbons (Fsp3) is 0.538. The van der Waals surface area contributed by atoms with Gasteiger partial charge in [-0.1, -0.05) is 18.2 Å². The predicted molar refractivity (Wildman–Crippen MR) is 74.3 cm³/mol. The molecular weight excluding hydrogens is 270 g/mol. The minimum Gasteiger partial charge on any atom is -0.211 e. The third-order valence-electron chi connectivity index (χ3n) is 3.37. The van der Waals surface area contributed by atoms with Crippen LogP contribution in [-0.4, -0.2) is 13.6 Å². The fourth-order valence-electron chi connectivity index (χ4n) is 2.39. The second-order valence-electron chi connectivity index (χ2n) is 4.80. The van der Waals surface area contributed by atoms with Gasteiger partial charge in [0.05, 0.1) is 0 Å². The second-order valence-corrected chi connectivity index (χ2v) is 7.14. The highest BCUT2D eigenvalue weighted by Crippen LogP contribution is 2.25. The molecule has 2 rings (SSSR count). The summed E-state index contributed by atoms with van der Waals surface area (Å²) in [6.45, 7) is 1.84. The predicted octanol–water partition coefficient (Wildman–Crippen LogP) is 2.74. The number of halogens is 1. The van der Waals surface area contributed by atoms with Gasteiger partial charge in [-0.25, -0.2) is 13.1 Å². The van der Waals surface area contributed by atoms with Gasteiger partial charge in [-0.3, -0.25) is 0 Å². The molecule has 0 saturated carbocycles. The van der Waals surface area contributed by atoms with Crippen molar-refractivity contribution in [1.29, 1.82) is 0 Å². The molecule has 100 valence electrons. The van der Waals surface area contributed by atoms with E-state index in [2.05, 4.69) is 16.9 Å². The zero-order valence-electron chi connectivity index (χ0n) is 10.4. The first kappa shape index (κ1) is 13.8. The molecule has 0 aromatic heterocycles. The summed E-state index contributed by atoms with van der Waals surface area (Å²) in [5.74, 6) is 0. The van der Waals surface area contributed by atoms with Crippen LogP contribution in [-0.2, 0) is 22.9 Å². The summed E-state index contributed by atoms with van der Waals surface area (Å²) in [6.07, 6.45) is 4.70. The summed E-state index contributed by atoms with van der Waals surface area (Å²) in [5, 5.41) is -0.401. The molecule has 0 amide bonds. The number of rotatable bonds is 4. The van der Waals surface area contributed by atoms with Gasteiger partial charge in [-0.05, 0) is 49.3 Å². The Morgan fingerprint density at radius 1 is 1.28 bits per heavy atom. The van der Waals surface area contributed by atoms with Gasteiger partial charge in [0.2, 0.25) is 10.0 Å². The van der Waals surface area contributed by atoms with E-state index in [1.54, 1.807) is 0 Å². The summed E-state index contributed by atoms with van der Waals surface area (Å²) in [7, 11) is -3.37. The molecule has 0 heterocycles. The number of benzene rings is 1. The van der Waals surface area contributed by atoms with Crippen molar-refractivity contribution in [3.8, 4) is 0 Å². The van der Waals surface area contributed by atoms with Crippen LogP contribution in [0.5, 0.6) is 0 Å². The minimum absolute atomic E-state index is 0.235. The fourth-order valence-corrected chi connectivity index (χ4v) is 3.32. The van der Waals surface area contributed by atoms with Gasteiger partial charge in [0.1, 0.15) is 5.21 Å². The average Bonchev–Trinajstić information content (AvgIpc) is 2.37. The van der Waals surface area contributed by atoms with E-state index in [1.165, 1.54) is 24.0 Å². The average molecular weight is 288 g/mol. The maximum atomic E-state index is 11.4. The van der Waals surface area contributed by atoms with Gasteiger partial charge in [0, 0.05) is 6.04 Å². The smallest absolute Gasteiger partial charge is 0.211 e. The summed E-state index contributed by atoms with van der Waals surface area (Å²) in [5.41, 5.74) is 3.76. The van der Waals surface area contributed by atoms with Gasteiger partial charge in [0.15, 0.2) is 0 Å². The molecule has 0 radical (unpaired) electrons. The van der Waals surface area contributed by atoms with Crippen molar-refractivity contribution in [2.24, 2.45) is 0 Å². The molecule has 0 aliphatic heterocycles. The van der Waals surface area contributed by atoms with E-state index in [4.69, 9.17) is 11.6 Å². The third-order valence-corrected chi connectivity index (χ3v) is 5.23. The molecule has 1 aromatic rings.